The van der Waals surface area contributed by atoms with E-state index in [0.29, 0.717) is 6.42 Å². The largest absolute Gasteiger partial charge is 0.460 e. The molecule has 0 aliphatic heterocycles. The predicted octanol–water partition coefficient (Wildman–Crippen LogP) is 5.37. The number of ketones is 1. The minimum Gasteiger partial charge on any atom is -0.460 e. The SMILES string of the molecule is CCCCC(C)CCC=C1CC[C@@H](O)[C@@H]1CCCCCC(=O)C(=O)OCC. The van der Waals surface area contributed by atoms with E-state index in [4.69, 9.17) is 4.74 Å². The number of aliphatic hydroxyl groups is 1. The Morgan fingerprint density at radius 3 is 2.67 bits per heavy atom. The number of rotatable bonds is 14. The molecule has 0 spiro atoms. The second-order valence-electron chi connectivity index (χ2n) is 8.06. The Morgan fingerprint density at radius 2 is 1.96 bits per heavy atom. The highest BCUT2D eigenvalue weighted by Gasteiger charge is 2.29. The summed E-state index contributed by atoms with van der Waals surface area (Å²) >= 11 is 0. The second kappa shape index (κ2) is 13.9. The van der Waals surface area contributed by atoms with Crippen LogP contribution in [-0.2, 0) is 14.3 Å². The summed E-state index contributed by atoms with van der Waals surface area (Å²) in [5.74, 6) is -0.0575. The highest BCUT2D eigenvalue weighted by molar-refractivity contribution is 6.33. The van der Waals surface area contributed by atoms with E-state index in [1.54, 1.807) is 6.92 Å². The van der Waals surface area contributed by atoms with Crippen molar-refractivity contribution < 1.29 is 19.4 Å². The third kappa shape index (κ3) is 9.55. The van der Waals surface area contributed by atoms with Crippen LogP contribution in [-0.4, -0.2) is 29.6 Å². The number of allylic oxidation sites excluding steroid dienone is 1. The zero-order valence-corrected chi connectivity index (χ0v) is 17.7. The third-order valence-electron chi connectivity index (χ3n) is 5.71. The van der Waals surface area contributed by atoms with Crippen molar-refractivity contribution in [1.29, 1.82) is 0 Å². The van der Waals surface area contributed by atoms with Crippen molar-refractivity contribution in [2.24, 2.45) is 11.8 Å². The molecule has 1 fully saturated rings. The first-order chi connectivity index (χ1) is 13.0. The molecule has 4 heteroatoms. The van der Waals surface area contributed by atoms with Crippen molar-refractivity contribution in [2.75, 3.05) is 6.61 Å². The van der Waals surface area contributed by atoms with Crippen LogP contribution in [0.3, 0.4) is 0 Å². The lowest BCUT2D eigenvalue weighted by molar-refractivity contribution is -0.153. The molecule has 3 atom stereocenters. The van der Waals surface area contributed by atoms with Gasteiger partial charge in [0.05, 0.1) is 12.7 Å². The van der Waals surface area contributed by atoms with E-state index in [9.17, 15) is 14.7 Å². The molecular formula is C23H40O4. The van der Waals surface area contributed by atoms with E-state index in [1.807, 2.05) is 0 Å². The van der Waals surface area contributed by atoms with Crippen LogP contribution >= 0.6 is 0 Å². The van der Waals surface area contributed by atoms with Crippen LogP contribution < -0.4 is 0 Å². The fourth-order valence-corrected chi connectivity index (χ4v) is 3.97. The first kappa shape index (κ1) is 23.9. The Bertz CT molecular complexity index is 469. The monoisotopic (exact) mass is 380 g/mol. The molecule has 1 N–H and O–H groups in total. The second-order valence-corrected chi connectivity index (χ2v) is 8.06. The van der Waals surface area contributed by atoms with Gasteiger partial charge in [0.1, 0.15) is 0 Å². The van der Waals surface area contributed by atoms with Gasteiger partial charge >= 0.3 is 5.97 Å². The van der Waals surface area contributed by atoms with Crippen molar-refractivity contribution in [2.45, 2.75) is 104 Å². The van der Waals surface area contributed by atoms with Crippen molar-refractivity contribution >= 4 is 11.8 Å². The average Bonchev–Trinajstić information content (AvgIpc) is 2.99. The third-order valence-corrected chi connectivity index (χ3v) is 5.71. The van der Waals surface area contributed by atoms with E-state index >= 15 is 0 Å². The van der Waals surface area contributed by atoms with Gasteiger partial charge in [0.15, 0.2) is 0 Å². The van der Waals surface area contributed by atoms with Crippen molar-refractivity contribution in [3.63, 3.8) is 0 Å². The maximum Gasteiger partial charge on any atom is 0.374 e. The normalized spacial score (nSPS) is 22.1. The van der Waals surface area contributed by atoms with Gasteiger partial charge in [-0.1, -0.05) is 57.6 Å². The highest BCUT2D eigenvalue weighted by atomic mass is 16.5. The Hall–Kier alpha value is -1.16. The number of aliphatic hydroxyl groups excluding tert-OH is 1. The van der Waals surface area contributed by atoms with Gasteiger partial charge in [-0.15, -0.1) is 0 Å². The first-order valence-electron chi connectivity index (χ1n) is 11.1. The zero-order chi connectivity index (χ0) is 20.1. The van der Waals surface area contributed by atoms with Gasteiger partial charge in [0.25, 0.3) is 0 Å². The minimum absolute atomic E-state index is 0.213. The molecule has 0 amide bonds. The Labute approximate surface area is 165 Å². The molecule has 27 heavy (non-hydrogen) atoms. The molecule has 1 aliphatic carbocycles. The number of carbonyl (C=O) groups excluding carboxylic acids is 2. The molecule has 0 saturated heterocycles. The van der Waals surface area contributed by atoms with Gasteiger partial charge < -0.3 is 9.84 Å². The molecule has 1 rings (SSSR count). The summed E-state index contributed by atoms with van der Waals surface area (Å²) < 4.78 is 4.72. The molecule has 0 heterocycles. The molecule has 0 aromatic carbocycles. The summed E-state index contributed by atoms with van der Waals surface area (Å²) in [7, 11) is 0. The van der Waals surface area contributed by atoms with Crippen LogP contribution in [0.25, 0.3) is 0 Å². The zero-order valence-electron chi connectivity index (χ0n) is 17.7. The number of carbonyl (C=O) groups is 2. The van der Waals surface area contributed by atoms with Crippen molar-refractivity contribution in [1.82, 2.24) is 0 Å². The Kier molecular flexibility index (Phi) is 12.3. The molecule has 0 aromatic rings. The predicted molar refractivity (Wildman–Crippen MR) is 109 cm³/mol. The summed E-state index contributed by atoms with van der Waals surface area (Å²) in [5, 5.41) is 10.3. The highest BCUT2D eigenvalue weighted by Crippen LogP contribution is 2.36. The molecule has 4 nitrogen and oxygen atoms in total. The average molecular weight is 381 g/mol. The van der Waals surface area contributed by atoms with Crippen LogP contribution in [0.15, 0.2) is 11.6 Å². The lowest BCUT2D eigenvalue weighted by atomic mass is 9.92. The van der Waals surface area contributed by atoms with E-state index in [-0.39, 0.29) is 25.0 Å². The van der Waals surface area contributed by atoms with E-state index in [2.05, 4.69) is 19.9 Å². The molecule has 1 aliphatic rings. The fraction of sp³-hybridized carbons (Fsp3) is 0.826. The van der Waals surface area contributed by atoms with E-state index < -0.39 is 11.8 Å². The van der Waals surface area contributed by atoms with Gasteiger partial charge in [-0.2, -0.15) is 0 Å². The molecular weight excluding hydrogens is 340 g/mol. The van der Waals surface area contributed by atoms with Gasteiger partial charge in [-0.3, -0.25) is 4.79 Å². The topological polar surface area (TPSA) is 63.6 Å². The lowest BCUT2D eigenvalue weighted by Gasteiger charge is -2.17. The summed E-state index contributed by atoms with van der Waals surface area (Å²) in [5.41, 5.74) is 1.44. The Morgan fingerprint density at radius 1 is 1.19 bits per heavy atom. The van der Waals surface area contributed by atoms with Crippen LogP contribution in [0, 0.1) is 11.8 Å². The van der Waals surface area contributed by atoms with Crippen LogP contribution in [0.5, 0.6) is 0 Å². The van der Waals surface area contributed by atoms with Crippen LogP contribution in [0.1, 0.15) is 97.8 Å². The van der Waals surface area contributed by atoms with Gasteiger partial charge in [0, 0.05) is 12.3 Å². The van der Waals surface area contributed by atoms with Gasteiger partial charge in [-0.25, -0.2) is 4.79 Å². The van der Waals surface area contributed by atoms with Crippen LogP contribution in [0.2, 0.25) is 0 Å². The molecule has 1 unspecified atom stereocenters. The molecule has 156 valence electrons. The first-order valence-corrected chi connectivity index (χ1v) is 11.1. The van der Waals surface area contributed by atoms with Gasteiger partial charge in [0.2, 0.25) is 5.78 Å². The number of Topliss-reactive ketones (excluding diaryl/α,β-unsaturated/α-hetero) is 1. The molecule has 1 saturated carbocycles. The smallest absolute Gasteiger partial charge is 0.374 e. The molecule has 0 aromatic heterocycles. The number of ether oxygens (including phenoxy) is 1. The van der Waals surface area contributed by atoms with Crippen molar-refractivity contribution in [3.8, 4) is 0 Å². The van der Waals surface area contributed by atoms with E-state index in [1.165, 1.54) is 31.3 Å². The van der Waals surface area contributed by atoms with E-state index in [0.717, 1.165) is 44.4 Å². The summed E-state index contributed by atoms with van der Waals surface area (Å²) in [6.07, 6.45) is 14.2. The molecule has 0 radical (unpaired) electrons. The molecule has 0 bridgehead atoms. The quantitative estimate of drug-likeness (QED) is 0.190. The number of hydrogen-bond acceptors (Lipinski definition) is 4. The number of unbranched alkanes of at least 4 members (excludes halogenated alkanes) is 3. The Balaban J connectivity index is 2.28. The fourth-order valence-electron chi connectivity index (χ4n) is 3.97. The maximum absolute atomic E-state index is 11.6. The summed E-state index contributed by atoms with van der Waals surface area (Å²) in [6.45, 7) is 6.53. The minimum atomic E-state index is -0.706. The van der Waals surface area contributed by atoms with Crippen LogP contribution in [0.4, 0.5) is 0 Å². The standard InChI is InChI=1S/C23H40O4/c1-4-6-11-18(3)12-10-13-19-16-17-21(24)20(19)14-8-7-9-15-22(25)23(26)27-5-2/h13,18,20-21,24H,4-12,14-17H2,1-3H3/t18?,20-,21-/m1/s1. The number of hydrogen-bond donors (Lipinski definition) is 1. The van der Waals surface area contributed by atoms with Crippen molar-refractivity contribution in [3.05, 3.63) is 11.6 Å². The maximum atomic E-state index is 11.6. The number of esters is 1. The summed E-state index contributed by atoms with van der Waals surface area (Å²) in [6, 6.07) is 0. The van der Waals surface area contributed by atoms with Gasteiger partial charge in [-0.05, 0) is 51.4 Å². The lowest BCUT2D eigenvalue weighted by Crippen LogP contribution is -2.17. The summed E-state index contributed by atoms with van der Waals surface area (Å²) in [4.78, 5) is 22.9.